The molecule has 0 aliphatic heterocycles. The molecule has 80 valence electrons. The number of nitrogens with zero attached hydrogens (tertiary/aromatic N) is 3. The zero-order chi connectivity index (χ0) is 10.4. The molecule has 1 aromatic rings. The second-order valence-corrected chi connectivity index (χ2v) is 4.07. The van der Waals surface area contributed by atoms with E-state index in [1.807, 2.05) is 10.9 Å². The first kappa shape index (κ1) is 11.2. The highest BCUT2D eigenvalue weighted by molar-refractivity contribution is 4.92. The van der Waals surface area contributed by atoms with Crippen LogP contribution in [0.15, 0.2) is 6.20 Å². The molecule has 0 bridgehead atoms. The van der Waals surface area contributed by atoms with Crippen LogP contribution in [-0.4, -0.2) is 21.5 Å². The number of rotatable bonds is 6. The number of unbranched alkanes of at least 4 members (excludes halogenated alkanes) is 1. The fourth-order valence-electron chi connectivity index (χ4n) is 1.37. The van der Waals surface area contributed by atoms with Gasteiger partial charge in [-0.25, -0.2) is 0 Å². The molecule has 14 heavy (non-hydrogen) atoms. The Balaban J connectivity index is 2.35. The summed E-state index contributed by atoms with van der Waals surface area (Å²) in [6, 6.07) is 0. The topological polar surface area (TPSA) is 56.7 Å². The standard InChI is InChI=1S/C10H20N4/c1-9(2)7-14-8-10(12-13-14)5-3-4-6-11/h8-9H,3-7,11H2,1-2H3. The first-order valence-corrected chi connectivity index (χ1v) is 5.31. The Kier molecular flexibility index (Phi) is 4.59. The van der Waals surface area contributed by atoms with Gasteiger partial charge >= 0.3 is 0 Å². The minimum absolute atomic E-state index is 0.619. The van der Waals surface area contributed by atoms with E-state index >= 15 is 0 Å². The van der Waals surface area contributed by atoms with Crippen molar-refractivity contribution >= 4 is 0 Å². The van der Waals surface area contributed by atoms with Gasteiger partial charge in [-0.3, -0.25) is 4.68 Å². The van der Waals surface area contributed by atoms with Crippen LogP contribution in [0.1, 0.15) is 32.4 Å². The van der Waals surface area contributed by atoms with E-state index in [0.717, 1.165) is 38.0 Å². The highest BCUT2D eigenvalue weighted by Gasteiger charge is 2.01. The number of hydrogen-bond acceptors (Lipinski definition) is 3. The van der Waals surface area contributed by atoms with Crippen LogP contribution in [0.25, 0.3) is 0 Å². The molecule has 0 unspecified atom stereocenters. The van der Waals surface area contributed by atoms with Gasteiger partial charge in [0.05, 0.1) is 5.69 Å². The van der Waals surface area contributed by atoms with Crippen molar-refractivity contribution in [1.82, 2.24) is 15.0 Å². The maximum absolute atomic E-state index is 5.42. The van der Waals surface area contributed by atoms with E-state index in [4.69, 9.17) is 5.73 Å². The first-order valence-electron chi connectivity index (χ1n) is 5.31. The third-order valence-electron chi connectivity index (χ3n) is 2.03. The van der Waals surface area contributed by atoms with Gasteiger partial charge < -0.3 is 5.73 Å². The van der Waals surface area contributed by atoms with E-state index in [-0.39, 0.29) is 0 Å². The van der Waals surface area contributed by atoms with Crippen molar-refractivity contribution in [3.63, 3.8) is 0 Å². The quantitative estimate of drug-likeness (QED) is 0.696. The Labute approximate surface area is 85.5 Å². The monoisotopic (exact) mass is 196 g/mol. The number of aryl methyl sites for hydroxylation is 1. The Hall–Kier alpha value is -0.900. The van der Waals surface area contributed by atoms with Crippen LogP contribution in [-0.2, 0) is 13.0 Å². The van der Waals surface area contributed by atoms with Gasteiger partial charge in [-0.1, -0.05) is 19.1 Å². The molecule has 1 heterocycles. The Bertz CT molecular complexity index is 254. The van der Waals surface area contributed by atoms with Crippen LogP contribution >= 0.6 is 0 Å². The van der Waals surface area contributed by atoms with Crippen LogP contribution in [0.4, 0.5) is 0 Å². The lowest BCUT2D eigenvalue weighted by molar-refractivity contribution is 0.472. The lowest BCUT2D eigenvalue weighted by Crippen LogP contribution is -2.04. The molecular formula is C10H20N4. The summed E-state index contributed by atoms with van der Waals surface area (Å²) in [6.45, 7) is 6.07. The van der Waals surface area contributed by atoms with E-state index in [9.17, 15) is 0 Å². The second-order valence-electron chi connectivity index (χ2n) is 4.07. The van der Waals surface area contributed by atoms with Gasteiger partial charge in [0.25, 0.3) is 0 Å². The van der Waals surface area contributed by atoms with Gasteiger partial charge in [-0.15, -0.1) is 5.10 Å². The van der Waals surface area contributed by atoms with Crippen molar-refractivity contribution in [2.24, 2.45) is 11.7 Å². The van der Waals surface area contributed by atoms with Crippen molar-refractivity contribution in [3.8, 4) is 0 Å². The summed E-state index contributed by atoms with van der Waals surface area (Å²) in [6.07, 6.45) is 5.21. The van der Waals surface area contributed by atoms with E-state index in [2.05, 4.69) is 24.2 Å². The molecular weight excluding hydrogens is 176 g/mol. The fraction of sp³-hybridized carbons (Fsp3) is 0.800. The van der Waals surface area contributed by atoms with Crippen molar-refractivity contribution in [3.05, 3.63) is 11.9 Å². The third-order valence-corrected chi connectivity index (χ3v) is 2.03. The van der Waals surface area contributed by atoms with Crippen molar-refractivity contribution < 1.29 is 0 Å². The first-order chi connectivity index (χ1) is 6.72. The summed E-state index contributed by atoms with van der Waals surface area (Å²) in [4.78, 5) is 0. The Morgan fingerprint density at radius 1 is 1.43 bits per heavy atom. The SMILES string of the molecule is CC(C)Cn1cc(CCCCN)nn1. The molecule has 0 radical (unpaired) electrons. The van der Waals surface area contributed by atoms with Crippen molar-refractivity contribution in [1.29, 1.82) is 0 Å². The van der Waals surface area contributed by atoms with Crippen LogP contribution in [0, 0.1) is 5.92 Å². The maximum Gasteiger partial charge on any atom is 0.0827 e. The molecule has 1 aromatic heterocycles. The van der Waals surface area contributed by atoms with Crippen LogP contribution in [0.2, 0.25) is 0 Å². The van der Waals surface area contributed by atoms with E-state index < -0.39 is 0 Å². The van der Waals surface area contributed by atoms with Crippen LogP contribution < -0.4 is 5.73 Å². The van der Waals surface area contributed by atoms with Crippen LogP contribution in [0.3, 0.4) is 0 Å². The van der Waals surface area contributed by atoms with E-state index in [1.54, 1.807) is 0 Å². The molecule has 2 N–H and O–H groups in total. The molecule has 0 atom stereocenters. The number of aromatic nitrogens is 3. The normalized spacial score (nSPS) is 11.1. The van der Waals surface area contributed by atoms with Gasteiger partial charge in [0, 0.05) is 12.7 Å². The zero-order valence-corrected chi connectivity index (χ0v) is 9.11. The Morgan fingerprint density at radius 3 is 2.86 bits per heavy atom. The molecule has 0 saturated carbocycles. The van der Waals surface area contributed by atoms with Crippen molar-refractivity contribution in [2.75, 3.05) is 6.54 Å². The molecule has 4 nitrogen and oxygen atoms in total. The average molecular weight is 196 g/mol. The summed E-state index contributed by atoms with van der Waals surface area (Å²) in [5, 5.41) is 8.18. The predicted molar refractivity (Wildman–Crippen MR) is 56.9 cm³/mol. The molecule has 4 heteroatoms. The smallest absolute Gasteiger partial charge is 0.0827 e. The maximum atomic E-state index is 5.42. The molecule has 0 aromatic carbocycles. The molecule has 0 fully saturated rings. The van der Waals surface area contributed by atoms with E-state index in [0.29, 0.717) is 5.92 Å². The van der Waals surface area contributed by atoms with E-state index in [1.165, 1.54) is 0 Å². The average Bonchev–Trinajstić information content (AvgIpc) is 2.52. The number of nitrogens with two attached hydrogens (primary N) is 1. The lowest BCUT2D eigenvalue weighted by Gasteiger charge is -2.01. The molecule has 0 amide bonds. The lowest BCUT2D eigenvalue weighted by atomic mass is 10.2. The summed E-state index contributed by atoms with van der Waals surface area (Å²) in [5.41, 5.74) is 6.51. The summed E-state index contributed by atoms with van der Waals surface area (Å²) in [7, 11) is 0. The minimum Gasteiger partial charge on any atom is -0.330 e. The second kappa shape index (κ2) is 5.75. The summed E-state index contributed by atoms with van der Waals surface area (Å²) >= 11 is 0. The number of hydrogen-bond donors (Lipinski definition) is 1. The predicted octanol–water partition coefficient (Wildman–Crippen LogP) is 1.22. The minimum atomic E-state index is 0.619. The molecule has 1 rings (SSSR count). The largest absolute Gasteiger partial charge is 0.330 e. The molecule has 0 saturated heterocycles. The Morgan fingerprint density at radius 2 is 2.21 bits per heavy atom. The highest BCUT2D eigenvalue weighted by Crippen LogP contribution is 2.02. The third kappa shape index (κ3) is 3.87. The summed E-state index contributed by atoms with van der Waals surface area (Å²) in [5.74, 6) is 0.619. The zero-order valence-electron chi connectivity index (χ0n) is 9.11. The van der Waals surface area contributed by atoms with Gasteiger partial charge in [-0.05, 0) is 31.7 Å². The fourth-order valence-corrected chi connectivity index (χ4v) is 1.37. The molecule has 0 aliphatic carbocycles. The van der Waals surface area contributed by atoms with Gasteiger partial charge in [0.15, 0.2) is 0 Å². The molecule has 0 spiro atoms. The van der Waals surface area contributed by atoms with Gasteiger partial charge in [-0.2, -0.15) is 0 Å². The highest BCUT2D eigenvalue weighted by atomic mass is 15.4. The van der Waals surface area contributed by atoms with Crippen LogP contribution in [0.5, 0.6) is 0 Å². The molecule has 0 aliphatic rings. The van der Waals surface area contributed by atoms with Gasteiger partial charge in [0.1, 0.15) is 0 Å². The summed E-state index contributed by atoms with van der Waals surface area (Å²) < 4.78 is 1.92. The van der Waals surface area contributed by atoms with Gasteiger partial charge in [0.2, 0.25) is 0 Å². The van der Waals surface area contributed by atoms with Crippen molar-refractivity contribution in [2.45, 2.75) is 39.7 Å².